The van der Waals surface area contributed by atoms with Crippen LogP contribution in [0.2, 0.25) is 0 Å². The second-order valence-electron chi connectivity index (χ2n) is 7.41. The molecule has 0 radical (unpaired) electrons. The first kappa shape index (κ1) is 24.3. The van der Waals surface area contributed by atoms with Gasteiger partial charge in [0.2, 0.25) is 0 Å². The van der Waals surface area contributed by atoms with Gasteiger partial charge in [0.1, 0.15) is 12.1 Å². The third-order valence-corrected chi connectivity index (χ3v) is 6.18. The quantitative estimate of drug-likeness (QED) is 0.158. The number of rotatable bonds is 10. The second kappa shape index (κ2) is 10.5. The van der Waals surface area contributed by atoms with Gasteiger partial charge in [-0.05, 0) is 38.1 Å². The van der Waals surface area contributed by atoms with E-state index < -0.39 is 15.7 Å². The van der Waals surface area contributed by atoms with E-state index in [9.17, 15) is 17.8 Å². The number of hydrogen-bond donors (Lipinski definition) is 1. The van der Waals surface area contributed by atoms with E-state index >= 15 is 0 Å². The molecular weight excluding hydrogens is 444 g/mol. The van der Waals surface area contributed by atoms with Crippen LogP contribution in [0.25, 0.3) is 28.7 Å². The SMILES string of the molecule is CCN(CC)c1ccc2cc(/C=C/c3cc[n+](CCCN=[N-])cc3S(=O)(=O)O)c(=O)oc2c1. The monoisotopic (exact) mass is 470 g/mol. The molecule has 0 unspecified atom stereocenters. The van der Waals surface area contributed by atoms with Gasteiger partial charge in [0.15, 0.2) is 17.3 Å². The van der Waals surface area contributed by atoms with Crippen molar-refractivity contribution in [2.45, 2.75) is 31.7 Å². The lowest BCUT2D eigenvalue weighted by Gasteiger charge is -2.20. The summed E-state index contributed by atoms with van der Waals surface area (Å²) < 4.78 is 40.5. The molecule has 0 aliphatic rings. The molecule has 0 amide bonds. The van der Waals surface area contributed by atoms with Crippen molar-refractivity contribution in [2.75, 3.05) is 24.5 Å². The number of benzene rings is 1. The maximum Gasteiger partial charge on any atom is 0.343 e. The molecule has 0 spiro atoms. The summed E-state index contributed by atoms with van der Waals surface area (Å²) in [5.41, 5.74) is 9.88. The molecule has 0 atom stereocenters. The summed E-state index contributed by atoms with van der Waals surface area (Å²) in [4.78, 5) is 14.4. The van der Waals surface area contributed by atoms with Gasteiger partial charge in [-0.15, -0.1) is 0 Å². The normalized spacial score (nSPS) is 11.8. The molecule has 0 aliphatic heterocycles. The molecule has 2 heterocycles. The highest BCUT2D eigenvalue weighted by molar-refractivity contribution is 7.85. The minimum atomic E-state index is -4.50. The van der Waals surface area contributed by atoms with E-state index in [1.54, 1.807) is 16.8 Å². The molecule has 0 fully saturated rings. The van der Waals surface area contributed by atoms with Gasteiger partial charge in [-0.25, -0.2) is 9.36 Å². The van der Waals surface area contributed by atoms with Crippen molar-refractivity contribution in [1.82, 2.24) is 0 Å². The maximum absolute atomic E-state index is 12.5. The van der Waals surface area contributed by atoms with Crippen LogP contribution in [-0.4, -0.2) is 32.6 Å². The topological polar surface area (TPSA) is 126 Å². The van der Waals surface area contributed by atoms with Crippen LogP contribution in [0.15, 0.2) is 61.9 Å². The maximum atomic E-state index is 12.5. The van der Waals surface area contributed by atoms with Crippen LogP contribution in [0.1, 0.15) is 31.4 Å². The summed E-state index contributed by atoms with van der Waals surface area (Å²) in [5.74, 6) is 0. The molecule has 0 bridgehead atoms. The minimum absolute atomic E-state index is 0.212. The number of pyridine rings is 1. The van der Waals surface area contributed by atoms with Gasteiger partial charge in [-0.3, -0.25) is 4.55 Å². The molecule has 1 N–H and O–H groups in total. The van der Waals surface area contributed by atoms with Crippen molar-refractivity contribution in [3.05, 3.63) is 69.8 Å². The van der Waals surface area contributed by atoms with Gasteiger partial charge < -0.3 is 20.0 Å². The largest absolute Gasteiger partial charge is 0.712 e. The zero-order chi connectivity index (χ0) is 24.0. The number of aromatic nitrogens is 1. The third-order valence-electron chi connectivity index (χ3n) is 5.28. The van der Waals surface area contributed by atoms with Crippen LogP contribution < -0.4 is 15.1 Å². The molecule has 2 aromatic heterocycles. The molecular formula is C23H26N4O5S. The Morgan fingerprint density at radius 2 is 1.88 bits per heavy atom. The van der Waals surface area contributed by atoms with Gasteiger partial charge in [-0.2, -0.15) is 8.42 Å². The molecule has 33 heavy (non-hydrogen) atoms. The van der Waals surface area contributed by atoms with Gasteiger partial charge in [0.05, 0.1) is 5.56 Å². The molecule has 0 saturated carbocycles. The Hall–Kier alpha value is -3.37. The molecule has 1 aromatic carbocycles. The molecule has 10 heteroatoms. The Labute approximate surface area is 192 Å². The van der Waals surface area contributed by atoms with Gasteiger partial charge in [0.25, 0.3) is 0 Å². The molecule has 3 aromatic rings. The van der Waals surface area contributed by atoms with E-state index in [-0.39, 0.29) is 22.6 Å². The number of fused-ring (bicyclic) bond motifs is 1. The zero-order valence-corrected chi connectivity index (χ0v) is 19.3. The summed E-state index contributed by atoms with van der Waals surface area (Å²) in [6, 6.07) is 8.86. The Kier molecular flexibility index (Phi) is 7.72. The molecule has 0 aliphatic carbocycles. The predicted molar refractivity (Wildman–Crippen MR) is 127 cm³/mol. The first-order chi connectivity index (χ1) is 15.8. The standard InChI is InChI=1S/C23H26N4O5S/c1-3-27(4-2)20-9-8-18-14-19(23(28)32-21(18)15-20)7-6-17-10-13-26(12-5-11-25-24)16-22(17)33(29,30)31/h6-10,13-16H,3-5,11-12H2,1-2H3,(H,29,30,31). The van der Waals surface area contributed by atoms with Gasteiger partial charge in [-0.1, -0.05) is 6.08 Å². The van der Waals surface area contributed by atoms with E-state index in [1.165, 1.54) is 24.4 Å². The number of hydrogen-bond acceptors (Lipinski definition) is 6. The Bertz CT molecular complexity index is 1340. The van der Waals surface area contributed by atoms with Crippen LogP contribution in [0.3, 0.4) is 0 Å². The van der Waals surface area contributed by atoms with Crippen molar-refractivity contribution >= 4 is 38.9 Å². The smallest absolute Gasteiger partial charge is 0.343 e. The van der Waals surface area contributed by atoms with Crippen LogP contribution in [0.4, 0.5) is 5.69 Å². The summed E-state index contributed by atoms with van der Waals surface area (Å²) in [5, 5.41) is 3.76. The molecule has 174 valence electrons. The van der Waals surface area contributed by atoms with Crippen molar-refractivity contribution in [3.8, 4) is 0 Å². The first-order valence-corrected chi connectivity index (χ1v) is 12.0. The fourth-order valence-corrected chi connectivity index (χ4v) is 4.24. The fraction of sp³-hybridized carbons (Fsp3) is 0.304. The summed E-state index contributed by atoms with van der Waals surface area (Å²) in [7, 11) is -4.50. The van der Waals surface area contributed by atoms with E-state index in [4.69, 9.17) is 9.95 Å². The highest BCUT2D eigenvalue weighted by atomic mass is 32.2. The minimum Gasteiger partial charge on any atom is -0.712 e. The predicted octanol–water partition coefficient (Wildman–Crippen LogP) is 3.76. The van der Waals surface area contributed by atoms with Crippen molar-refractivity contribution in [3.63, 3.8) is 0 Å². The fourth-order valence-electron chi connectivity index (χ4n) is 3.54. The zero-order valence-electron chi connectivity index (χ0n) is 18.5. The molecule has 0 saturated heterocycles. The molecule has 9 nitrogen and oxygen atoms in total. The Balaban J connectivity index is 1.96. The lowest BCUT2D eigenvalue weighted by molar-refractivity contribution is -0.698. The second-order valence-corrected chi connectivity index (χ2v) is 8.80. The van der Waals surface area contributed by atoms with Crippen molar-refractivity contribution in [1.29, 1.82) is 0 Å². The van der Waals surface area contributed by atoms with E-state index in [2.05, 4.69) is 23.9 Å². The van der Waals surface area contributed by atoms with E-state index in [0.29, 0.717) is 18.5 Å². The lowest BCUT2D eigenvalue weighted by Crippen LogP contribution is -2.34. The number of anilines is 1. The third kappa shape index (κ3) is 5.91. The highest BCUT2D eigenvalue weighted by Gasteiger charge is 2.19. The van der Waals surface area contributed by atoms with E-state index in [1.807, 2.05) is 18.2 Å². The summed E-state index contributed by atoms with van der Waals surface area (Å²) in [6.45, 7) is 6.38. The van der Waals surface area contributed by atoms with Gasteiger partial charge in [0, 0.05) is 54.8 Å². The van der Waals surface area contributed by atoms with Crippen LogP contribution >= 0.6 is 0 Å². The highest BCUT2D eigenvalue weighted by Crippen LogP contribution is 2.23. The Morgan fingerprint density at radius 1 is 1.15 bits per heavy atom. The number of nitrogens with zero attached hydrogens (tertiary/aromatic N) is 4. The van der Waals surface area contributed by atoms with Crippen LogP contribution in [-0.2, 0) is 16.7 Å². The Morgan fingerprint density at radius 3 is 2.55 bits per heavy atom. The van der Waals surface area contributed by atoms with Crippen LogP contribution in [0.5, 0.6) is 0 Å². The average Bonchev–Trinajstić information content (AvgIpc) is 2.78. The average molecular weight is 471 g/mol. The number of aryl methyl sites for hydroxylation is 1. The van der Waals surface area contributed by atoms with Crippen molar-refractivity contribution < 1.29 is 22.0 Å². The van der Waals surface area contributed by atoms with Crippen LogP contribution in [0, 0.1) is 0 Å². The van der Waals surface area contributed by atoms with Gasteiger partial charge >= 0.3 is 15.7 Å². The lowest BCUT2D eigenvalue weighted by atomic mass is 10.1. The van der Waals surface area contributed by atoms with E-state index in [0.717, 1.165) is 24.2 Å². The van der Waals surface area contributed by atoms with Crippen molar-refractivity contribution in [2.24, 2.45) is 5.11 Å². The molecule has 3 rings (SSSR count). The summed E-state index contributed by atoms with van der Waals surface area (Å²) in [6.07, 6.45) is 6.34. The summed E-state index contributed by atoms with van der Waals surface area (Å²) >= 11 is 0. The first-order valence-electron chi connectivity index (χ1n) is 10.6.